The minimum atomic E-state index is -3.31. The molecule has 1 N–H and O–H groups in total. The molecule has 12 nitrogen and oxygen atoms in total. The number of aryl methyl sites for hydroxylation is 1. The van der Waals surface area contributed by atoms with Crippen LogP contribution in [0.1, 0.15) is 65.9 Å². The van der Waals surface area contributed by atoms with E-state index in [1.807, 2.05) is 153 Å². The van der Waals surface area contributed by atoms with Crippen molar-refractivity contribution in [1.29, 1.82) is 0 Å². The largest absolute Gasteiger partial charge is 0.452 e. The van der Waals surface area contributed by atoms with E-state index in [0.29, 0.717) is 5.56 Å². The van der Waals surface area contributed by atoms with E-state index in [4.69, 9.17) is 42.3 Å². The van der Waals surface area contributed by atoms with Gasteiger partial charge in [-0.3, -0.25) is 4.79 Å². The third-order valence-corrected chi connectivity index (χ3v) is 22.7. The van der Waals surface area contributed by atoms with Crippen molar-refractivity contribution < 1.29 is 51.9 Å². The summed E-state index contributed by atoms with van der Waals surface area (Å²) in [7, 11) is -3.31. The second-order valence-electron chi connectivity index (χ2n) is 24.0. The van der Waals surface area contributed by atoms with Crippen LogP contribution in [0.15, 0.2) is 254 Å². The van der Waals surface area contributed by atoms with Crippen LogP contribution in [0.25, 0.3) is 10.8 Å². The first kappa shape index (κ1) is 64.0. The molecule has 2 aliphatic rings. The number of carbonyl (C=O) groups is 2. The first-order valence-corrected chi connectivity index (χ1v) is 33.7. The summed E-state index contributed by atoms with van der Waals surface area (Å²) in [6, 6.07) is 81.1. The van der Waals surface area contributed by atoms with Crippen LogP contribution in [0.2, 0.25) is 5.04 Å². The summed E-state index contributed by atoms with van der Waals surface area (Å²) in [6.45, 7) is 10.9. The van der Waals surface area contributed by atoms with E-state index in [-0.39, 0.29) is 45.5 Å². The fourth-order valence-corrected chi connectivity index (χ4v) is 17.8. The fraction of sp³-hybridized carbons (Fsp3) is 0.289. The van der Waals surface area contributed by atoms with Crippen molar-refractivity contribution in [2.24, 2.45) is 0 Å². The molecule has 0 aliphatic carbocycles. The maximum Gasteiger partial charge on any atom is 0.338 e. The summed E-state index contributed by atoms with van der Waals surface area (Å²) in [5.41, 5.74) is 4.23. The topological polar surface area (TPSA) is 129 Å². The number of thioether (sulfide) groups is 1. The predicted octanol–water partition coefficient (Wildman–Crippen LogP) is 13.4. The predicted molar refractivity (Wildman–Crippen MR) is 355 cm³/mol. The maximum absolute atomic E-state index is 14.8. The van der Waals surface area contributed by atoms with Crippen molar-refractivity contribution in [1.82, 2.24) is 5.32 Å². The lowest BCUT2D eigenvalue weighted by atomic mass is 9.94. The number of benzene rings is 9. The molecule has 2 aliphatic heterocycles. The Kier molecular flexibility index (Phi) is 21.7. The highest BCUT2D eigenvalue weighted by Crippen LogP contribution is 2.43. The second-order valence-corrected chi connectivity index (χ2v) is 29.5. The highest BCUT2D eigenvalue weighted by Gasteiger charge is 2.57. The summed E-state index contributed by atoms with van der Waals surface area (Å²) in [5, 5.41) is 7.13. The van der Waals surface area contributed by atoms with Crippen LogP contribution >= 0.6 is 11.8 Å². The highest BCUT2D eigenvalue weighted by molar-refractivity contribution is 7.99. The van der Waals surface area contributed by atoms with Crippen molar-refractivity contribution in [3.8, 4) is 0 Å². The molecule has 0 radical (unpaired) electrons. The monoisotopic (exact) mass is 1240 g/mol. The number of hydrogen-bond donors (Lipinski definition) is 1. The Hall–Kier alpha value is -7.57. The number of fused-ring (bicyclic) bond motifs is 1. The normalized spacial score (nSPS) is 22.0. The molecule has 0 spiro atoms. The molecular formula is C76H79NO11SSi. The molecule has 2 heterocycles. The van der Waals surface area contributed by atoms with Crippen LogP contribution in [0.3, 0.4) is 0 Å². The number of esters is 1. The Bertz CT molecular complexity index is 3640. The molecule has 90 heavy (non-hydrogen) atoms. The molecule has 0 bridgehead atoms. The molecule has 1 amide bonds. The summed E-state index contributed by atoms with van der Waals surface area (Å²) in [5.74, 6) is -0.931. The van der Waals surface area contributed by atoms with Gasteiger partial charge in [-0.15, -0.1) is 0 Å². The number of ether oxygens (including phenoxy) is 8. The first-order chi connectivity index (χ1) is 43.9. The van der Waals surface area contributed by atoms with Gasteiger partial charge in [0.25, 0.3) is 8.32 Å². The number of hydrogen-bond acceptors (Lipinski definition) is 12. The molecule has 0 aromatic heterocycles. The third-order valence-electron chi connectivity index (χ3n) is 16.5. The quantitative estimate of drug-likeness (QED) is 0.0432. The molecule has 10 atom stereocenters. The van der Waals surface area contributed by atoms with E-state index in [0.717, 1.165) is 53.9 Å². The van der Waals surface area contributed by atoms with Crippen LogP contribution in [-0.4, -0.2) is 93.9 Å². The smallest absolute Gasteiger partial charge is 0.338 e. The zero-order chi connectivity index (χ0) is 62.3. The molecule has 11 rings (SSSR count). The van der Waals surface area contributed by atoms with Gasteiger partial charge in [0.15, 0.2) is 12.4 Å². The number of nitrogens with one attached hydrogen (secondary N) is 1. The summed E-state index contributed by atoms with van der Waals surface area (Å²) < 4.78 is 65.6. The van der Waals surface area contributed by atoms with Gasteiger partial charge in [0.1, 0.15) is 48.1 Å². The van der Waals surface area contributed by atoms with E-state index in [2.05, 4.69) is 105 Å². The standard InChI is InChI=1S/C76H79NO11SSi/c1-53-40-44-62(45-41-53)89-75-72(87-73(79)60-33-18-9-19-34-60)71(83-49-57-30-16-8-17-31-57)69(66(86-75)52-84-90(76(3,4)5,63-36-20-10-21-37-63)64-38-22-11-23-39-64)88-74-67(77-54(2)78)70(82-48-56-28-14-7-15-29-56)68(65(85-74)51-80-47-55-26-12-6-13-27-55)81-50-58-42-43-59-32-24-25-35-61(59)46-58/h6-46,65-72,74-75H,47-52H2,1-5H3,(H,77,78)/t65-,66-,67-,68-,69-,70-,71+,72-,74-,75+/m1/s1. The van der Waals surface area contributed by atoms with Crippen LogP contribution in [0.4, 0.5) is 0 Å². The summed E-state index contributed by atoms with van der Waals surface area (Å²) in [6.07, 6.45) is -8.24. The van der Waals surface area contributed by atoms with Crippen LogP contribution in [-0.2, 0) is 73.5 Å². The lowest BCUT2D eigenvalue weighted by molar-refractivity contribution is -0.330. The average Bonchev–Trinajstić information content (AvgIpc) is 0.814. The zero-order valence-electron chi connectivity index (χ0n) is 51.6. The lowest BCUT2D eigenvalue weighted by Crippen LogP contribution is -2.70. The van der Waals surface area contributed by atoms with Crippen molar-refractivity contribution in [2.45, 2.75) is 131 Å². The Morgan fingerprint density at radius 3 is 1.58 bits per heavy atom. The fourth-order valence-electron chi connectivity index (χ4n) is 12.1. The van der Waals surface area contributed by atoms with Crippen molar-refractivity contribution in [2.75, 3.05) is 13.2 Å². The SMILES string of the molecule is CC(=O)N[C@H]1[C@@H](O[C@H]2[C@H](OCc3ccccc3)[C@@H](OC(=O)c3ccccc3)[C@H](Sc3ccc(C)cc3)O[C@@H]2CO[Si](c2ccccc2)(c2ccccc2)C(C)(C)C)O[C@H](COCc2ccccc2)[C@@H](OCc2ccc3ccccc3c2)[C@@H]1OCc1ccccc1. The molecule has 0 saturated carbocycles. The summed E-state index contributed by atoms with van der Waals surface area (Å²) >= 11 is 1.43. The Labute approximate surface area is 534 Å². The van der Waals surface area contributed by atoms with Gasteiger partial charge in [0, 0.05) is 11.8 Å². The van der Waals surface area contributed by atoms with E-state index in [1.54, 1.807) is 24.3 Å². The molecule has 9 aromatic rings. The molecule has 2 fully saturated rings. The average molecular weight is 1240 g/mol. The summed E-state index contributed by atoms with van der Waals surface area (Å²) in [4.78, 5) is 29.7. The maximum atomic E-state index is 14.8. The molecule has 2 saturated heterocycles. The Balaban J connectivity index is 1.06. The third kappa shape index (κ3) is 15.9. The number of amides is 1. The lowest BCUT2D eigenvalue weighted by Gasteiger charge is -2.51. The molecule has 14 heteroatoms. The number of carbonyl (C=O) groups excluding carboxylic acids is 2. The van der Waals surface area contributed by atoms with Gasteiger partial charge in [-0.2, -0.15) is 0 Å². The highest BCUT2D eigenvalue weighted by atomic mass is 32.2. The van der Waals surface area contributed by atoms with E-state index in [1.165, 1.54) is 18.7 Å². The molecule has 464 valence electrons. The van der Waals surface area contributed by atoms with Crippen LogP contribution < -0.4 is 15.7 Å². The van der Waals surface area contributed by atoms with Gasteiger partial charge in [-0.25, -0.2) is 4.79 Å². The zero-order valence-corrected chi connectivity index (χ0v) is 53.4. The van der Waals surface area contributed by atoms with Crippen molar-refractivity contribution >= 4 is 53.1 Å². The first-order valence-electron chi connectivity index (χ1n) is 30.9. The van der Waals surface area contributed by atoms with Crippen LogP contribution in [0, 0.1) is 6.92 Å². The Morgan fingerprint density at radius 2 is 1.00 bits per heavy atom. The molecular weight excluding hydrogens is 1160 g/mol. The van der Waals surface area contributed by atoms with Crippen LogP contribution in [0.5, 0.6) is 0 Å². The van der Waals surface area contributed by atoms with Gasteiger partial charge in [-0.1, -0.05) is 256 Å². The van der Waals surface area contributed by atoms with Gasteiger partial charge in [0.2, 0.25) is 5.91 Å². The van der Waals surface area contributed by atoms with Gasteiger partial charge >= 0.3 is 5.97 Å². The minimum absolute atomic E-state index is 0.0139. The molecule has 9 aromatic carbocycles. The van der Waals surface area contributed by atoms with E-state index >= 15 is 0 Å². The molecule has 0 unspecified atom stereocenters. The van der Waals surface area contributed by atoms with E-state index < -0.39 is 79.8 Å². The van der Waals surface area contributed by atoms with Gasteiger partial charge in [-0.05, 0) is 85.7 Å². The second kappa shape index (κ2) is 30.5. The van der Waals surface area contributed by atoms with Gasteiger partial charge in [0.05, 0.1) is 45.2 Å². The van der Waals surface area contributed by atoms with Crippen molar-refractivity contribution in [3.05, 3.63) is 282 Å². The Morgan fingerprint density at radius 1 is 0.500 bits per heavy atom. The minimum Gasteiger partial charge on any atom is -0.452 e. The van der Waals surface area contributed by atoms with Gasteiger partial charge < -0.3 is 47.6 Å². The van der Waals surface area contributed by atoms with Crippen molar-refractivity contribution in [3.63, 3.8) is 0 Å². The van der Waals surface area contributed by atoms with E-state index in [9.17, 15) is 9.59 Å². The number of rotatable bonds is 25.